The SMILES string of the molecule is N#C[C@@H](CC(=O)[C@H]1N[C@@H]2CC[C@H]1C2)Cc1ccc(-c2cc(C(N)=O)co2)cc1F. The molecule has 1 saturated heterocycles. The fourth-order valence-corrected chi connectivity index (χ4v) is 4.50. The van der Waals surface area contributed by atoms with Gasteiger partial charge in [0.25, 0.3) is 5.91 Å². The summed E-state index contributed by atoms with van der Waals surface area (Å²) in [5.41, 5.74) is 6.25. The van der Waals surface area contributed by atoms with E-state index in [2.05, 4.69) is 11.4 Å². The number of nitrogens with zero attached hydrogens (tertiary/aromatic N) is 1. The summed E-state index contributed by atoms with van der Waals surface area (Å²) in [6.07, 6.45) is 4.73. The van der Waals surface area contributed by atoms with Crippen molar-refractivity contribution in [2.75, 3.05) is 0 Å². The van der Waals surface area contributed by atoms with Crippen LogP contribution in [-0.4, -0.2) is 23.8 Å². The van der Waals surface area contributed by atoms with Crippen molar-refractivity contribution >= 4 is 11.7 Å². The first-order valence-corrected chi connectivity index (χ1v) is 9.80. The van der Waals surface area contributed by atoms with Gasteiger partial charge in [-0.3, -0.25) is 9.59 Å². The van der Waals surface area contributed by atoms with Gasteiger partial charge in [0.15, 0.2) is 5.78 Å². The molecule has 1 aliphatic heterocycles. The molecule has 1 aliphatic carbocycles. The molecule has 3 N–H and O–H groups in total. The molecule has 0 radical (unpaired) electrons. The maximum absolute atomic E-state index is 14.6. The molecule has 29 heavy (non-hydrogen) atoms. The highest BCUT2D eigenvalue weighted by molar-refractivity contribution is 5.93. The summed E-state index contributed by atoms with van der Waals surface area (Å²) in [7, 11) is 0. The number of amides is 1. The molecule has 1 aromatic carbocycles. The lowest BCUT2D eigenvalue weighted by Crippen LogP contribution is -2.42. The van der Waals surface area contributed by atoms with E-state index in [0.29, 0.717) is 28.8 Å². The number of furan rings is 1. The van der Waals surface area contributed by atoms with E-state index < -0.39 is 17.6 Å². The van der Waals surface area contributed by atoms with Gasteiger partial charge in [0.05, 0.1) is 23.6 Å². The molecule has 2 fully saturated rings. The molecule has 2 aromatic rings. The molecule has 7 heteroatoms. The molecule has 6 nitrogen and oxygen atoms in total. The van der Waals surface area contributed by atoms with Crippen LogP contribution in [0, 0.1) is 29.0 Å². The van der Waals surface area contributed by atoms with Crippen molar-refractivity contribution < 1.29 is 18.4 Å². The lowest BCUT2D eigenvalue weighted by atomic mass is 9.88. The van der Waals surface area contributed by atoms with Gasteiger partial charge in [0, 0.05) is 18.0 Å². The van der Waals surface area contributed by atoms with E-state index >= 15 is 0 Å². The van der Waals surface area contributed by atoms with E-state index in [0.717, 1.165) is 19.3 Å². The van der Waals surface area contributed by atoms with Crippen molar-refractivity contribution in [2.45, 2.75) is 44.2 Å². The smallest absolute Gasteiger partial charge is 0.251 e. The fraction of sp³-hybridized carbons (Fsp3) is 0.409. The Hall–Kier alpha value is -2.98. The van der Waals surface area contributed by atoms with E-state index in [1.54, 1.807) is 12.1 Å². The number of carbonyl (C=O) groups is 2. The minimum Gasteiger partial charge on any atom is -0.464 e. The second kappa shape index (κ2) is 7.80. The summed E-state index contributed by atoms with van der Waals surface area (Å²) in [5, 5.41) is 12.8. The van der Waals surface area contributed by atoms with Crippen LogP contribution in [0.4, 0.5) is 4.39 Å². The second-order valence-corrected chi connectivity index (χ2v) is 7.99. The lowest BCUT2D eigenvalue weighted by Gasteiger charge is -2.22. The molecule has 1 amide bonds. The molecule has 1 saturated carbocycles. The number of rotatable bonds is 7. The highest BCUT2D eigenvalue weighted by Crippen LogP contribution is 2.36. The van der Waals surface area contributed by atoms with E-state index in [1.165, 1.54) is 18.4 Å². The number of benzene rings is 1. The third-order valence-corrected chi connectivity index (χ3v) is 6.02. The molecule has 4 atom stereocenters. The van der Waals surface area contributed by atoms with Gasteiger partial charge in [0.1, 0.15) is 17.8 Å². The third-order valence-electron chi connectivity index (χ3n) is 6.02. The van der Waals surface area contributed by atoms with Crippen LogP contribution in [0.3, 0.4) is 0 Å². The van der Waals surface area contributed by atoms with Crippen LogP contribution >= 0.6 is 0 Å². The molecule has 150 valence electrons. The fourth-order valence-electron chi connectivity index (χ4n) is 4.50. The van der Waals surface area contributed by atoms with Gasteiger partial charge >= 0.3 is 0 Å². The summed E-state index contributed by atoms with van der Waals surface area (Å²) < 4.78 is 19.9. The van der Waals surface area contributed by atoms with Gasteiger partial charge in [-0.2, -0.15) is 5.26 Å². The van der Waals surface area contributed by atoms with Crippen LogP contribution in [0.1, 0.15) is 41.6 Å². The Labute approximate surface area is 167 Å². The normalized spacial score (nSPS) is 23.7. The van der Waals surface area contributed by atoms with Crippen molar-refractivity contribution in [3.8, 4) is 17.4 Å². The quantitative estimate of drug-likeness (QED) is 0.749. The number of fused-ring (bicyclic) bond motifs is 2. The van der Waals surface area contributed by atoms with E-state index in [-0.39, 0.29) is 30.2 Å². The van der Waals surface area contributed by atoms with E-state index in [4.69, 9.17) is 10.2 Å². The molecule has 1 aromatic heterocycles. The van der Waals surface area contributed by atoms with Crippen molar-refractivity contribution in [2.24, 2.45) is 17.6 Å². The maximum atomic E-state index is 14.6. The van der Waals surface area contributed by atoms with Crippen LogP contribution < -0.4 is 11.1 Å². The zero-order valence-electron chi connectivity index (χ0n) is 15.9. The topological polar surface area (TPSA) is 109 Å². The summed E-state index contributed by atoms with van der Waals surface area (Å²) >= 11 is 0. The van der Waals surface area contributed by atoms with Gasteiger partial charge in [0.2, 0.25) is 0 Å². The van der Waals surface area contributed by atoms with Gasteiger partial charge in [-0.25, -0.2) is 4.39 Å². The van der Waals surface area contributed by atoms with Gasteiger partial charge < -0.3 is 15.5 Å². The zero-order valence-corrected chi connectivity index (χ0v) is 15.9. The zero-order chi connectivity index (χ0) is 20.5. The number of hydrogen-bond donors (Lipinski definition) is 2. The van der Waals surface area contributed by atoms with Crippen LogP contribution in [0.2, 0.25) is 0 Å². The van der Waals surface area contributed by atoms with E-state index in [1.807, 2.05) is 0 Å². The number of carbonyl (C=O) groups excluding carboxylic acids is 2. The van der Waals surface area contributed by atoms with Gasteiger partial charge in [-0.1, -0.05) is 12.1 Å². The molecule has 2 aliphatic rings. The van der Waals surface area contributed by atoms with E-state index in [9.17, 15) is 19.2 Å². The molecule has 4 rings (SSSR count). The molecule has 2 bridgehead atoms. The minimum atomic E-state index is -0.622. The lowest BCUT2D eigenvalue weighted by molar-refractivity contribution is -0.122. The van der Waals surface area contributed by atoms with Crippen molar-refractivity contribution in [1.29, 1.82) is 5.26 Å². The van der Waals surface area contributed by atoms with Crippen molar-refractivity contribution in [1.82, 2.24) is 5.32 Å². The highest BCUT2D eigenvalue weighted by atomic mass is 19.1. The number of ketones is 1. The third kappa shape index (κ3) is 3.94. The Kier molecular flexibility index (Phi) is 5.20. The highest BCUT2D eigenvalue weighted by Gasteiger charge is 2.42. The average molecular weight is 395 g/mol. The van der Waals surface area contributed by atoms with Gasteiger partial charge in [-0.05, 0) is 49.3 Å². The summed E-state index contributed by atoms with van der Waals surface area (Å²) in [4.78, 5) is 23.8. The van der Waals surface area contributed by atoms with Gasteiger partial charge in [-0.15, -0.1) is 0 Å². The Morgan fingerprint density at radius 3 is 2.76 bits per heavy atom. The standard InChI is InChI=1S/C22H22FN3O3/c23-18-8-14(20-9-16(11-29-20)22(25)28)2-1-13(18)5-12(10-24)6-19(27)21-15-3-4-17(7-15)26-21/h1-2,8-9,11-12,15,17,21,26H,3-7H2,(H2,25,28)/t12-,15+,17-,21+/m1/s1. The number of hydrogen-bond acceptors (Lipinski definition) is 5. The summed E-state index contributed by atoms with van der Waals surface area (Å²) in [5.74, 6) is -0.918. The Balaban J connectivity index is 1.43. The second-order valence-electron chi connectivity index (χ2n) is 7.99. The summed E-state index contributed by atoms with van der Waals surface area (Å²) in [6.45, 7) is 0. The predicted octanol–water partition coefficient (Wildman–Crippen LogP) is 2.97. The molecular weight excluding hydrogens is 373 g/mol. The first kappa shape index (κ1) is 19.3. The first-order chi connectivity index (χ1) is 13.9. The Morgan fingerprint density at radius 1 is 1.34 bits per heavy atom. The number of Topliss-reactive ketones (excluding diaryl/α,β-unsaturated/α-hetero) is 1. The molecule has 2 heterocycles. The summed E-state index contributed by atoms with van der Waals surface area (Å²) in [6, 6.07) is 8.42. The number of piperidine rings is 1. The van der Waals surface area contributed by atoms with Crippen LogP contribution in [0.5, 0.6) is 0 Å². The number of halogens is 1. The van der Waals surface area contributed by atoms with Crippen LogP contribution in [-0.2, 0) is 11.2 Å². The van der Waals surface area contributed by atoms with Crippen molar-refractivity contribution in [3.63, 3.8) is 0 Å². The monoisotopic (exact) mass is 395 g/mol. The molecule has 0 unspecified atom stereocenters. The largest absolute Gasteiger partial charge is 0.464 e. The Bertz CT molecular complexity index is 993. The maximum Gasteiger partial charge on any atom is 0.251 e. The van der Waals surface area contributed by atoms with Crippen LogP contribution in [0.15, 0.2) is 34.9 Å². The predicted molar refractivity (Wildman–Crippen MR) is 103 cm³/mol. The van der Waals surface area contributed by atoms with Crippen molar-refractivity contribution in [3.05, 3.63) is 47.5 Å². The average Bonchev–Trinajstić information content (AvgIpc) is 3.45. The number of primary amides is 1. The number of nitriles is 1. The Morgan fingerprint density at radius 2 is 2.17 bits per heavy atom. The minimum absolute atomic E-state index is 0.0512. The molecular formula is C22H22FN3O3. The number of nitrogens with one attached hydrogen (secondary N) is 1. The number of nitrogens with two attached hydrogens (primary N) is 1. The molecule has 0 spiro atoms. The van der Waals surface area contributed by atoms with Crippen LogP contribution in [0.25, 0.3) is 11.3 Å². The first-order valence-electron chi connectivity index (χ1n) is 9.80.